The van der Waals surface area contributed by atoms with E-state index in [4.69, 9.17) is 0 Å². The molecule has 2 atom stereocenters. The summed E-state index contributed by atoms with van der Waals surface area (Å²) in [6.45, 7) is 0. The molecule has 0 aromatic heterocycles. The minimum absolute atomic E-state index is 0.497. The van der Waals surface area contributed by atoms with E-state index in [1.54, 1.807) is 0 Å². The molecule has 2 rings (SSSR count). The predicted octanol–water partition coefficient (Wildman–Crippen LogP) is 2.85. The fourth-order valence-corrected chi connectivity index (χ4v) is 5.38. The van der Waals surface area contributed by atoms with E-state index >= 15 is 0 Å². The summed E-state index contributed by atoms with van der Waals surface area (Å²) >= 11 is 0. The predicted molar refractivity (Wildman–Crippen MR) is 74.7 cm³/mol. The van der Waals surface area contributed by atoms with Crippen LogP contribution in [0.25, 0.3) is 0 Å². The maximum absolute atomic E-state index is 12.3. The van der Waals surface area contributed by atoms with Crippen molar-refractivity contribution in [3.63, 3.8) is 0 Å². The van der Waals surface area contributed by atoms with Crippen LogP contribution in [0.1, 0.15) is 57.8 Å². The minimum atomic E-state index is -0.589. The van der Waals surface area contributed by atoms with Gasteiger partial charge in [-0.2, -0.15) is 0 Å². The van der Waals surface area contributed by atoms with Crippen molar-refractivity contribution in [2.75, 3.05) is 12.8 Å². The van der Waals surface area contributed by atoms with E-state index in [-0.39, 0.29) is 0 Å². The molecule has 17 heavy (non-hydrogen) atoms. The Hall–Kier alpha value is 0.110. The van der Waals surface area contributed by atoms with Crippen molar-refractivity contribution in [3.05, 3.63) is 0 Å². The van der Waals surface area contributed by atoms with E-state index in [2.05, 4.69) is 5.32 Å². The minimum Gasteiger partial charge on any atom is -0.316 e. The van der Waals surface area contributed by atoms with Gasteiger partial charge in [-0.25, -0.2) is 0 Å². The van der Waals surface area contributed by atoms with Crippen molar-refractivity contribution in [1.29, 1.82) is 0 Å². The highest BCUT2D eigenvalue weighted by molar-refractivity contribution is 7.85. The van der Waals surface area contributed by atoms with Crippen molar-refractivity contribution < 1.29 is 4.21 Å². The SMILES string of the molecule is CNC(CS(=O)C1CCCC1)C1CCCCC1. The van der Waals surface area contributed by atoms with Crippen LogP contribution in [0.5, 0.6) is 0 Å². The molecule has 0 saturated heterocycles. The van der Waals surface area contributed by atoms with Gasteiger partial charge >= 0.3 is 0 Å². The smallest absolute Gasteiger partial charge is 0.0394 e. The molecule has 0 amide bonds. The van der Waals surface area contributed by atoms with Gasteiger partial charge < -0.3 is 5.32 Å². The van der Waals surface area contributed by atoms with Gasteiger partial charge in [-0.3, -0.25) is 4.21 Å². The molecule has 0 bridgehead atoms. The quantitative estimate of drug-likeness (QED) is 0.820. The van der Waals surface area contributed by atoms with Crippen LogP contribution in [-0.4, -0.2) is 28.3 Å². The van der Waals surface area contributed by atoms with Gasteiger partial charge in [-0.1, -0.05) is 32.1 Å². The molecule has 0 heterocycles. The molecule has 2 aliphatic carbocycles. The fourth-order valence-electron chi connectivity index (χ4n) is 3.46. The molecule has 100 valence electrons. The molecule has 0 aromatic carbocycles. The van der Waals surface area contributed by atoms with E-state index in [0.717, 1.165) is 11.7 Å². The first-order valence-electron chi connectivity index (χ1n) is 7.35. The van der Waals surface area contributed by atoms with Crippen molar-refractivity contribution in [2.45, 2.75) is 69.1 Å². The largest absolute Gasteiger partial charge is 0.316 e. The highest BCUT2D eigenvalue weighted by atomic mass is 32.2. The molecular weight excluding hydrogens is 230 g/mol. The third kappa shape index (κ3) is 3.78. The summed E-state index contributed by atoms with van der Waals surface area (Å²) in [6.07, 6.45) is 11.8. The third-order valence-corrected chi connectivity index (χ3v) is 6.51. The van der Waals surface area contributed by atoms with E-state index < -0.39 is 10.8 Å². The van der Waals surface area contributed by atoms with Gasteiger partial charge in [-0.15, -0.1) is 0 Å². The Bertz CT molecular complexity index is 245. The van der Waals surface area contributed by atoms with Crippen LogP contribution >= 0.6 is 0 Å². The van der Waals surface area contributed by atoms with Gasteiger partial charge in [0.15, 0.2) is 0 Å². The van der Waals surface area contributed by atoms with Gasteiger partial charge in [0.1, 0.15) is 0 Å². The van der Waals surface area contributed by atoms with Crippen LogP contribution in [0.3, 0.4) is 0 Å². The Morgan fingerprint density at radius 3 is 2.24 bits per heavy atom. The summed E-state index contributed by atoms with van der Waals surface area (Å²) in [7, 11) is 1.46. The molecule has 0 radical (unpaired) electrons. The van der Waals surface area contributed by atoms with Crippen LogP contribution in [0.2, 0.25) is 0 Å². The Balaban J connectivity index is 1.82. The first-order valence-corrected chi connectivity index (χ1v) is 8.74. The first-order chi connectivity index (χ1) is 8.31. The van der Waals surface area contributed by atoms with Crippen molar-refractivity contribution in [3.8, 4) is 0 Å². The standard InChI is InChI=1S/C14H27NOS/c1-15-14(12-7-3-2-4-8-12)11-17(16)13-9-5-6-10-13/h12-15H,2-11H2,1H3. The summed E-state index contributed by atoms with van der Waals surface area (Å²) in [5.74, 6) is 1.67. The fraction of sp³-hybridized carbons (Fsp3) is 1.00. The van der Waals surface area contributed by atoms with E-state index in [1.807, 2.05) is 7.05 Å². The molecule has 0 aliphatic heterocycles. The zero-order valence-electron chi connectivity index (χ0n) is 11.1. The highest BCUT2D eigenvalue weighted by Gasteiger charge is 2.28. The molecule has 2 unspecified atom stereocenters. The Morgan fingerprint density at radius 2 is 1.65 bits per heavy atom. The molecule has 0 spiro atoms. The van der Waals surface area contributed by atoms with Crippen LogP contribution < -0.4 is 5.32 Å². The van der Waals surface area contributed by atoms with Crippen LogP contribution in [-0.2, 0) is 10.8 Å². The van der Waals surface area contributed by atoms with Crippen LogP contribution in [0, 0.1) is 5.92 Å². The third-order valence-electron chi connectivity index (χ3n) is 4.61. The van der Waals surface area contributed by atoms with Gasteiger partial charge in [-0.05, 0) is 38.6 Å². The lowest BCUT2D eigenvalue weighted by molar-refractivity contribution is 0.293. The van der Waals surface area contributed by atoms with Crippen molar-refractivity contribution in [1.82, 2.24) is 5.32 Å². The van der Waals surface area contributed by atoms with Gasteiger partial charge in [0, 0.05) is 27.8 Å². The summed E-state index contributed by atoms with van der Waals surface area (Å²) in [4.78, 5) is 0. The maximum Gasteiger partial charge on any atom is 0.0394 e. The first kappa shape index (κ1) is 13.5. The lowest BCUT2D eigenvalue weighted by atomic mass is 9.84. The molecule has 2 aliphatic rings. The Kier molecular flexibility index (Phi) is 5.49. The summed E-state index contributed by atoms with van der Waals surface area (Å²) in [5, 5.41) is 3.94. The maximum atomic E-state index is 12.3. The van der Waals surface area contributed by atoms with Gasteiger partial charge in [0.05, 0.1) is 0 Å². The second-order valence-electron chi connectivity index (χ2n) is 5.75. The van der Waals surface area contributed by atoms with E-state index in [1.165, 1.54) is 57.8 Å². The molecule has 2 nitrogen and oxygen atoms in total. The zero-order chi connectivity index (χ0) is 12.1. The summed E-state index contributed by atoms with van der Waals surface area (Å²) < 4.78 is 12.3. The lowest BCUT2D eigenvalue weighted by Gasteiger charge is -2.30. The molecule has 2 saturated carbocycles. The molecular formula is C14H27NOS. The second kappa shape index (κ2) is 6.89. The van der Waals surface area contributed by atoms with Gasteiger partial charge in [0.25, 0.3) is 0 Å². The number of hydrogen-bond donors (Lipinski definition) is 1. The number of hydrogen-bond acceptors (Lipinski definition) is 2. The Labute approximate surface area is 108 Å². The van der Waals surface area contributed by atoms with Crippen molar-refractivity contribution in [2.24, 2.45) is 5.92 Å². The van der Waals surface area contributed by atoms with Crippen LogP contribution in [0.15, 0.2) is 0 Å². The second-order valence-corrected chi connectivity index (χ2v) is 7.51. The van der Waals surface area contributed by atoms with Crippen LogP contribution in [0.4, 0.5) is 0 Å². The molecule has 1 N–H and O–H groups in total. The number of nitrogens with one attached hydrogen (secondary N) is 1. The highest BCUT2D eigenvalue weighted by Crippen LogP contribution is 2.29. The number of rotatable bonds is 5. The monoisotopic (exact) mass is 257 g/mol. The van der Waals surface area contributed by atoms with E-state index in [0.29, 0.717) is 11.3 Å². The molecule has 3 heteroatoms. The van der Waals surface area contributed by atoms with E-state index in [9.17, 15) is 4.21 Å². The molecule has 0 aromatic rings. The summed E-state index contributed by atoms with van der Waals surface area (Å²) in [6, 6.07) is 0.497. The normalized spacial score (nSPS) is 27.1. The molecule has 2 fully saturated rings. The lowest BCUT2D eigenvalue weighted by Crippen LogP contribution is -2.40. The summed E-state index contributed by atoms with van der Waals surface area (Å²) in [5.41, 5.74) is 0. The average molecular weight is 257 g/mol. The zero-order valence-corrected chi connectivity index (χ0v) is 11.9. The average Bonchev–Trinajstić information content (AvgIpc) is 2.90. The van der Waals surface area contributed by atoms with Crippen molar-refractivity contribution >= 4 is 10.8 Å². The Morgan fingerprint density at radius 1 is 1.06 bits per heavy atom. The van der Waals surface area contributed by atoms with Gasteiger partial charge in [0.2, 0.25) is 0 Å². The topological polar surface area (TPSA) is 29.1 Å².